The van der Waals surface area contributed by atoms with E-state index in [0.29, 0.717) is 6.61 Å². The molecular weight excluding hydrogens is 238 g/mol. The van der Waals surface area contributed by atoms with Crippen molar-refractivity contribution in [1.82, 2.24) is 5.32 Å². The van der Waals surface area contributed by atoms with Crippen LogP contribution < -0.4 is 5.32 Å². The van der Waals surface area contributed by atoms with E-state index >= 15 is 0 Å². The molecule has 1 aromatic rings. The van der Waals surface area contributed by atoms with E-state index in [-0.39, 0.29) is 12.1 Å². The molecule has 0 amide bonds. The monoisotopic (exact) mass is 261 g/mol. The van der Waals surface area contributed by atoms with Crippen LogP contribution in [-0.4, -0.2) is 24.5 Å². The van der Waals surface area contributed by atoms with Crippen molar-refractivity contribution in [1.29, 1.82) is 0 Å². The molecular formula is C16H23NO2. The fourth-order valence-corrected chi connectivity index (χ4v) is 2.30. The Morgan fingerprint density at radius 3 is 2.74 bits per heavy atom. The molecule has 0 aromatic heterocycles. The first-order valence-corrected chi connectivity index (χ1v) is 6.81. The number of benzene rings is 1. The Bertz CT molecular complexity index is 402. The highest BCUT2D eigenvalue weighted by atomic mass is 16.7. The number of hydrogen-bond acceptors (Lipinski definition) is 3. The first-order chi connectivity index (χ1) is 9.11. The van der Waals surface area contributed by atoms with Crippen LogP contribution in [-0.2, 0) is 16.0 Å². The second-order valence-corrected chi connectivity index (χ2v) is 5.36. The normalized spacial score (nSPS) is 23.2. The van der Waals surface area contributed by atoms with Gasteiger partial charge in [0, 0.05) is 12.6 Å². The zero-order valence-electron chi connectivity index (χ0n) is 11.8. The minimum Gasteiger partial charge on any atom is -0.348 e. The molecule has 1 aliphatic rings. The van der Waals surface area contributed by atoms with Gasteiger partial charge in [0.25, 0.3) is 0 Å². The third-order valence-electron chi connectivity index (χ3n) is 3.31. The predicted octanol–water partition coefficient (Wildman–Crippen LogP) is 2.87. The smallest absolute Gasteiger partial charge is 0.163 e. The van der Waals surface area contributed by atoms with Crippen LogP contribution in [0.2, 0.25) is 0 Å². The van der Waals surface area contributed by atoms with E-state index in [1.165, 1.54) is 5.56 Å². The van der Waals surface area contributed by atoms with Gasteiger partial charge >= 0.3 is 0 Å². The summed E-state index contributed by atoms with van der Waals surface area (Å²) in [5.41, 5.74) is 1.27. The molecule has 1 aliphatic heterocycles. The SMILES string of the molecule is C=CC[C@H](NCc1ccccc1)[C@H]1COC(C)(C)O1. The lowest BCUT2D eigenvalue weighted by Crippen LogP contribution is -2.41. The first kappa shape index (κ1) is 14.3. The molecule has 19 heavy (non-hydrogen) atoms. The van der Waals surface area contributed by atoms with Gasteiger partial charge in [-0.25, -0.2) is 0 Å². The lowest BCUT2D eigenvalue weighted by atomic mass is 10.1. The molecule has 1 saturated heterocycles. The van der Waals surface area contributed by atoms with Crippen LogP contribution in [0.1, 0.15) is 25.8 Å². The van der Waals surface area contributed by atoms with Gasteiger partial charge in [-0.3, -0.25) is 0 Å². The Hall–Kier alpha value is -1.16. The maximum absolute atomic E-state index is 5.92. The van der Waals surface area contributed by atoms with Gasteiger partial charge in [0.15, 0.2) is 5.79 Å². The predicted molar refractivity (Wildman–Crippen MR) is 76.8 cm³/mol. The molecule has 3 heteroatoms. The van der Waals surface area contributed by atoms with Gasteiger partial charge in [-0.2, -0.15) is 0 Å². The second kappa shape index (κ2) is 6.33. The van der Waals surface area contributed by atoms with E-state index < -0.39 is 5.79 Å². The van der Waals surface area contributed by atoms with Crippen LogP contribution >= 0.6 is 0 Å². The molecule has 0 spiro atoms. The van der Waals surface area contributed by atoms with Gasteiger partial charge in [0.2, 0.25) is 0 Å². The Kier molecular flexibility index (Phi) is 4.75. The Morgan fingerprint density at radius 1 is 1.42 bits per heavy atom. The maximum atomic E-state index is 5.92. The molecule has 3 nitrogen and oxygen atoms in total. The topological polar surface area (TPSA) is 30.5 Å². The molecule has 0 saturated carbocycles. The van der Waals surface area contributed by atoms with E-state index in [2.05, 4.69) is 36.2 Å². The molecule has 0 bridgehead atoms. The summed E-state index contributed by atoms with van der Waals surface area (Å²) in [5.74, 6) is -0.474. The number of hydrogen-bond donors (Lipinski definition) is 1. The van der Waals surface area contributed by atoms with Crippen LogP contribution in [0.5, 0.6) is 0 Å². The molecule has 2 atom stereocenters. The molecule has 2 rings (SSSR count). The molecule has 1 N–H and O–H groups in total. The number of rotatable bonds is 6. The number of nitrogens with one attached hydrogen (secondary N) is 1. The van der Waals surface area contributed by atoms with Gasteiger partial charge in [0.1, 0.15) is 0 Å². The molecule has 0 aliphatic carbocycles. The maximum Gasteiger partial charge on any atom is 0.163 e. The molecule has 104 valence electrons. The van der Waals surface area contributed by atoms with Crippen molar-refractivity contribution < 1.29 is 9.47 Å². The average Bonchev–Trinajstić information content (AvgIpc) is 2.76. The molecule has 0 radical (unpaired) electrons. The summed E-state index contributed by atoms with van der Waals surface area (Å²) in [6.07, 6.45) is 2.88. The second-order valence-electron chi connectivity index (χ2n) is 5.36. The Morgan fingerprint density at radius 2 is 2.16 bits per heavy atom. The van der Waals surface area contributed by atoms with E-state index in [9.17, 15) is 0 Å². The highest BCUT2D eigenvalue weighted by Gasteiger charge is 2.36. The van der Waals surface area contributed by atoms with Gasteiger partial charge < -0.3 is 14.8 Å². The number of ether oxygens (including phenoxy) is 2. The van der Waals surface area contributed by atoms with Gasteiger partial charge in [-0.1, -0.05) is 36.4 Å². The minimum absolute atomic E-state index is 0.0803. The lowest BCUT2D eigenvalue weighted by molar-refractivity contribution is -0.141. The van der Waals surface area contributed by atoms with Crippen molar-refractivity contribution in [2.24, 2.45) is 0 Å². The Balaban J connectivity index is 1.91. The van der Waals surface area contributed by atoms with Crippen molar-refractivity contribution in [3.63, 3.8) is 0 Å². The third kappa shape index (κ3) is 4.16. The summed E-state index contributed by atoms with van der Waals surface area (Å²) in [6, 6.07) is 10.6. The zero-order chi connectivity index (χ0) is 13.7. The van der Waals surface area contributed by atoms with Crippen LogP contribution in [0.25, 0.3) is 0 Å². The van der Waals surface area contributed by atoms with Crippen molar-refractivity contribution in [3.05, 3.63) is 48.6 Å². The van der Waals surface area contributed by atoms with E-state index in [1.807, 2.05) is 26.0 Å². The highest BCUT2D eigenvalue weighted by Crippen LogP contribution is 2.25. The first-order valence-electron chi connectivity index (χ1n) is 6.81. The van der Waals surface area contributed by atoms with Gasteiger partial charge in [-0.15, -0.1) is 6.58 Å². The zero-order valence-corrected chi connectivity index (χ0v) is 11.8. The fourth-order valence-electron chi connectivity index (χ4n) is 2.30. The fraction of sp³-hybridized carbons (Fsp3) is 0.500. The van der Waals surface area contributed by atoms with E-state index in [4.69, 9.17) is 9.47 Å². The molecule has 1 heterocycles. The summed E-state index contributed by atoms with van der Waals surface area (Å²) in [4.78, 5) is 0. The average molecular weight is 261 g/mol. The molecule has 1 fully saturated rings. The van der Waals surface area contributed by atoms with E-state index in [0.717, 1.165) is 13.0 Å². The largest absolute Gasteiger partial charge is 0.348 e. The van der Waals surface area contributed by atoms with Crippen LogP contribution in [0.3, 0.4) is 0 Å². The highest BCUT2D eigenvalue weighted by molar-refractivity contribution is 5.14. The van der Waals surface area contributed by atoms with Crippen molar-refractivity contribution >= 4 is 0 Å². The van der Waals surface area contributed by atoms with Gasteiger partial charge in [0.05, 0.1) is 12.7 Å². The van der Waals surface area contributed by atoms with Crippen LogP contribution in [0.15, 0.2) is 43.0 Å². The Labute approximate surface area is 115 Å². The van der Waals surface area contributed by atoms with Crippen molar-refractivity contribution in [2.75, 3.05) is 6.61 Å². The van der Waals surface area contributed by atoms with Crippen molar-refractivity contribution in [2.45, 2.75) is 44.7 Å². The van der Waals surface area contributed by atoms with Gasteiger partial charge in [-0.05, 0) is 25.8 Å². The third-order valence-corrected chi connectivity index (χ3v) is 3.31. The van der Waals surface area contributed by atoms with E-state index in [1.54, 1.807) is 0 Å². The molecule has 0 unspecified atom stereocenters. The quantitative estimate of drug-likeness (QED) is 0.799. The summed E-state index contributed by atoms with van der Waals surface area (Å²) in [6.45, 7) is 9.20. The van der Waals surface area contributed by atoms with Crippen LogP contribution in [0, 0.1) is 0 Å². The summed E-state index contributed by atoms with van der Waals surface area (Å²) >= 11 is 0. The lowest BCUT2D eigenvalue weighted by Gasteiger charge is -2.24. The standard InChI is InChI=1S/C16H23NO2/c1-4-8-14(15-12-18-16(2,3)19-15)17-11-13-9-6-5-7-10-13/h4-7,9-10,14-15,17H,1,8,11-12H2,2-3H3/t14-,15+/m0/s1. The van der Waals surface area contributed by atoms with Crippen LogP contribution in [0.4, 0.5) is 0 Å². The summed E-state index contributed by atoms with van der Waals surface area (Å²) in [5, 5.41) is 3.54. The summed E-state index contributed by atoms with van der Waals surface area (Å²) in [7, 11) is 0. The molecule has 1 aromatic carbocycles. The minimum atomic E-state index is -0.474. The summed E-state index contributed by atoms with van der Waals surface area (Å²) < 4.78 is 11.6. The van der Waals surface area contributed by atoms with Crippen molar-refractivity contribution in [3.8, 4) is 0 Å².